The van der Waals surface area contributed by atoms with Crippen molar-refractivity contribution in [3.63, 3.8) is 0 Å². The molecule has 18 heavy (non-hydrogen) atoms. The number of amides is 1. The van der Waals surface area contributed by atoms with Crippen molar-refractivity contribution in [1.29, 1.82) is 0 Å². The van der Waals surface area contributed by atoms with Crippen molar-refractivity contribution < 1.29 is 4.79 Å². The van der Waals surface area contributed by atoms with Crippen LogP contribution < -0.4 is 5.73 Å². The zero-order chi connectivity index (χ0) is 13.5. The summed E-state index contributed by atoms with van der Waals surface area (Å²) in [6.07, 6.45) is 0. The molecule has 1 rings (SSSR count). The summed E-state index contributed by atoms with van der Waals surface area (Å²) in [6, 6.07) is 0.370. The van der Waals surface area contributed by atoms with E-state index in [4.69, 9.17) is 5.73 Å². The molecule has 1 saturated heterocycles. The topological polar surface area (TPSA) is 52.8 Å². The second kappa shape index (κ2) is 7.71. The summed E-state index contributed by atoms with van der Waals surface area (Å²) in [5.74, 6) is 0.243. The molecule has 0 aromatic rings. The summed E-state index contributed by atoms with van der Waals surface area (Å²) < 4.78 is 0. The van der Waals surface area contributed by atoms with E-state index < -0.39 is 0 Å². The molecular formula is C13H28N4O. The minimum Gasteiger partial charge on any atom is -0.339 e. The molecule has 1 fully saturated rings. The molecule has 1 amide bonds. The zero-order valence-electron chi connectivity index (χ0n) is 12.1. The van der Waals surface area contributed by atoms with Crippen molar-refractivity contribution in [2.45, 2.75) is 26.8 Å². The Morgan fingerprint density at radius 2 is 1.89 bits per heavy atom. The fourth-order valence-electron chi connectivity index (χ4n) is 2.27. The van der Waals surface area contributed by atoms with Crippen LogP contribution in [0.15, 0.2) is 0 Å². The summed E-state index contributed by atoms with van der Waals surface area (Å²) in [5, 5.41) is 0. The first-order chi connectivity index (χ1) is 8.58. The molecule has 1 aliphatic heterocycles. The number of nitrogens with zero attached hydrogens (tertiary/aromatic N) is 3. The van der Waals surface area contributed by atoms with Crippen LogP contribution in [0.25, 0.3) is 0 Å². The Balaban J connectivity index is 2.40. The second-order valence-corrected chi connectivity index (χ2v) is 5.17. The number of carbonyl (C=O) groups excluding carboxylic acids is 1. The van der Waals surface area contributed by atoms with Crippen LogP contribution in [0, 0.1) is 0 Å². The largest absolute Gasteiger partial charge is 0.339 e. The van der Waals surface area contributed by atoms with Crippen molar-refractivity contribution >= 4 is 5.91 Å². The monoisotopic (exact) mass is 256 g/mol. The Bertz CT molecular complexity index is 249. The minimum absolute atomic E-state index is 0.243. The van der Waals surface area contributed by atoms with E-state index in [1.165, 1.54) is 0 Å². The van der Waals surface area contributed by atoms with E-state index >= 15 is 0 Å². The molecule has 0 bridgehead atoms. The molecule has 1 aliphatic rings. The third-order valence-corrected chi connectivity index (χ3v) is 3.66. The summed E-state index contributed by atoms with van der Waals surface area (Å²) in [7, 11) is 0. The Morgan fingerprint density at radius 3 is 2.33 bits per heavy atom. The van der Waals surface area contributed by atoms with Gasteiger partial charge in [0.05, 0.1) is 6.54 Å². The predicted octanol–water partition coefficient (Wildman–Crippen LogP) is -0.180. The van der Waals surface area contributed by atoms with Crippen LogP contribution in [0.4, 0.5) is 0 Å². The summed E-state index contributed by atoms with van der Waals surface area (Å²) >= 11 is 0. The number of rotatable bonds is 6. The molecule has 1 heterocycles. The fraction of sp³-hybridized carbons (Fsp3) is 0.923. The van der Waals surface area contributed by atoms with Crippen molar-refractivity contribution in [2.75, 3.05) is 52.4 Å². The van der Waals surface area contributed by atoms with E-state index in [0.717, 1.165) is 39.3 Å². The molecule has 106 valence electrons. The van der Waals surface area contributed by atoms with Gasteiger partial charge in [-0.15, -0.1) is 0 Å². The van der Waals surface area contributed by atoms with Gasteiger partial charge in [-0.25, -0.2) is 0 Å². The summed E-state index contributed by atoms with van der Waals surface area (Å²) in [5.41, 5.74) is 5.58. The number of carbonyl (C=O) groups is 1. The highest BCUT2D eigenvalue weighted by Gasteiger charge is 2.22. The van der Waals surface area contributed by atoms with Crippen molar-refractivity contribution in [2.24, 2.45) is 5.73 Å². The van der Waals surface area contributed by atoms with Gasteiger partial charge in [-0.1, -0.05) is 6.92 Å². The number of piperazine rings is 1. The van der Waals surface area contributed by atoms with E-state index in [0.29, 0.717) is 19.1 Å². The smallest absolute Gasteiger partial charge is 0.236 e. The van der Waals surface area contributed by atoms with Crippen LogP contribution in [0.5, 0.6) is 0 Å². The second-order valence-electron chi connectivity index (χ2n) is 5.17. The maximum absolute atomic E-state index is 12.2. The summed E-state index contributed by atoms with van der Waals surface area (Å²) in [6.45, 7) is 13.1. The first-order valence-corrected chi connectivity index (χ1v) is 7.02. The average molecular weight is 256 g/mol. The molecule has 0 unspecified atom stereocenters. The van der Waals surface area contributed by atoms with E-state index in [-0.39, 0.29) is 5.91 Å². The maximum Gasteiger partial charge on any atom is 0.236 e. The lowest BCUT2D eigenvalue weighted by atomic mass is 10.2. The van der Waals surface area contributed by atoms with Crippen LogP contribution in [0.2, 0.25) is 0 Å². The number of nitrogens with two attached hydrogens (primary N) is 1. The third-order valence-electron chi connectivity index (χ3n) is 3.66. The van der Waals surface area contributed by atoms with Gasteiger partial charge in [0.25, 0.3) is 0 Å². The zero-order valence-corrected chi connectivity index (χ0v) is 12.1. The first-order valence-electron chi connectivity index (χ1n) is 7.02. The Hall–Kier alpha value is -0.650. The van der Waals surface area contributed by atoms with Crippen LogP contribution >= 0.6 is 0 Å². The van der Waals surface area contributed by atoms with Gasteiger partial charge in [0, 0.05) is 45.3 Å². The lowest BCUT2D eigenvalue weighted by Gasteiger charge is -2.36. The highest BCUT2D eigenvalue weighted by atomic mass is 16.2. The van der Waals surface area contributed by atoms with Gasteiger partial charge < -0.3 is 15.5 Å². The molecule has 0 spiro atoms. The highest BCUT2D eigenvalue weighted by Crippen LogP contribution is 2.04. The third kappa shape index (κ3) is 4.55. The highest BCUT2D eigenvalue weighted by molar-refractivity contribution is 5.78. The average Bonchev–Trinajstić information content (AvgIpc) is 2.38. The SMILES string of the molecule is CCN1CCN(C(=O)CN(CCN)C(C)C)CC1. The van der Waals surface area contributed by atoms with Crippen LogP contribution in [-0.4, -0.2) is 79.0 Å². The summed E-state index contributed by atoms with van der Waals surface area (Å²) in [4.78, 5) is 18.7. The Labute approximate surface area is 111 Å². The van der Waals surface area contributed by atoms with Crippen molar-refractivity contribution in [1.82, 2.24) is 14.7 Å². The predicted molar refractivity (Wildman–Crippen MR) is 74.5 cm³/mol. The van der Waals surface area contributed by atoms with Gasteiger partial charge in [0.2, 0.25) is 5.91 Å². The quantitative estimate of drug-likeness (QED) is 0.716. The van der Waals surface area contributed by atoms with E-state index in [2.05, 4.69) is 30.6 Å². The van der Waals surface area contributed by atoms with E-state index in [1.807, 2.05) is 4.90 Å². The van der Waals surface area contributed by atoms with Crippen LogP contribution in [0.3, 0.4) is 0 Å². The minimum atomic E-state index is 0.243. The Kier molecular flexibility index (Phi) is 6.60. The number of likely N-dealkylation sites (N-methyl/N-ethyl adjacent to an activating group) is 1. The molecule has 0 radical (unpaired) electrons. The van der Waals surface area contributed by atoms with E-state index in [1.54, 1.807) is 0 Å². The molecule has 2 N–H and O–H groups in total. The van der Waals surface area contributed by atoms with Gasteiger partial charge in [0.1, 0.15) is 0 Å². The normalized spacial score (nSPS) is 17.8. The van der Waals surface area contributed by atoms with Gasteiger partial charge in [-0.05, 0) is 20.4 Å². The van der Waals surface area contributed by atoms with Gasteiger partial charge in [0.15, 0.2) is 0 Å². The maximum atomic E-state index is 12.2. The van der Waals surface area contributed by atoms with Gasteiger partial charge in [-0.2, -0.15) is 0 Å². The Morgan fingerprint density at radius 1 is 1.28 bits per heavy atom. The molecule has 5 nitrogen and oxygen atoms in total. The van der Waals surface area contributed by atoms with Crippen LogP contribution in [-0.2, 0) is 4.79 Å². The van der Waals surface area contributed by atoms with Crippen molar-refractivity contribution in [3.8, 4) is 0 Å². The molecular weight excluding hydrogens is 228 g/mol. The molecule has 5 heteroatoms. The molecule has 0 aliphatic carbocycles. The number of hydrogen-bond donors (Lipinski definition) is 1. The number of hydrogen-bond acceptors (Lipinski definition) is 4. The molecule has 0 atom stereocenters. The standard InChI is InChI=1S/C13H28N4O/c1-4-15-7-9-16(10-8-15)13(18)11-17(6-5-14)12(2)3/h12H,4-11,14H2,1-3H3. The lowest BCUT2D eigenvalue weighted by molar-refractivity contribution is -0.134. The lowest BCUT2D eigenvalue weighted by Crippen LogP contribution is -2.52. The van der Waals surface area contributed by atoms with Crippen molar-refractivity contribution in [3.05, 3.63) is 0 Å². The van der Waals surface area contributed by atoms with Gasteiger partial charge in [-0.3, -0.25) is 9.69 Å². The van der Waals surface area contributed by atoms with Crippen LogP contribution in [0.1, 0.15) is 20.8 Å². The first kappa shape index (κ1) is 15.4. The van der Waals surface area contributed by atoms with Gasteiger partial charge >= 0.3 is 0 Å². The fourth-order valence-corrected chi connectivity index (χ4v) is 2.27. The molecule has 0 aromatic carbocycles. The molecule has 0 saturated carbocycles. The van der Waals surface area contributed by atoms with E-state index in [9.17, 15) is 4.79 Å². The molecule has 0 aromatic heterocycles.